The summed E-state index contributed by atoms with van der Waals surface area (Å²) in [7, 11) is 1.16. The van der Waals surface area contributed by atoms with Crippen LogP contribution in [0.5, 0.6) is 17.2 Å². The lowest BCUT2D eigenvalue weighted by atomic mass is 9.62. The van der Waals surface area contributed by atoms with Gasteiger partial charge in [-0.1, -0.05) is 5.76 Å². The fraction of sp³-hybridized carbons (Fsp3) is 0.717. The molecule has 9 N–H and O–H groups in total. The number of benzene rings is 2. The van der Waals surface area contributed by atoms with Gasteiger partial charge in [0.2, 0.25) is 12.1 Å². The Morgan fingerprint density at radius 1 is 0.701 bits per heavy atom. The van der Waals surface area contributed by atoms with Crippen LogP contribution < -0.4 is 9.84 Å². The van der Waals surface area contributed by atoms with E-state index in [-0.39, 0.29) is 66.2 Å². The quantitative estimate of drug-likeness (QED) is 0.122. The zero-order valence-corrected chi connectivity index (χ0v) is 44.2. The first-order valence-corrected chi connectivity index (χ1v) is 26.1. The van der Waals surface area contributed by atoms with Gasteiger partial charge in [0.25, 0.3) is 0 Å². The number of methoxy groups -OCH3 is 1. The second-order valence-corrected chi connectivity index (χ2v) is 22.0. The lowest BCUT2D eigenvalue weighted by Gasteiger charge is -2.54. The summed E-state index contributed by atoms with van der Waals surface area (Å²) in [6, 6.07) is 2.95. The molecule has 23 atom stereocenters. The molecule has 0 unspecified atom stereocenters. The normalized spacial score (nSPS) is 43.7. The van der Waals surface area contributed by atoms with E-state index in [1.165, 1.54) is 32.9 Å². The van der Waals surface area contributed by atoms with Crippen LogP contribution in [0.25, 0.3) is 10.8 Å². The molecule has 0 spiro atoms. The molecular formula is C53H71O24-. The molecule has 0 amide bonds. The molecule has 428 valence electrons. The number of ketones is 3. The molecule has 24 heteroatoms. The van der Waals surface area contributed by atoms with E-state index in [0.717, 1.165) is 14.0 Å². The van der Waals surface area contributed by atoms with Gasteiger partial charge in [-0.15, -0.1) is 0 Å². The lowest BCUT2D eigenvalue weighted by Crippen LogP contribution is -2.67. The number of ether oxygens (including phenoxy) is 11. The minimum atomic E-state index is -2.79. The van der Waals surface area contributed by atoms with Crippen LogP contribution in [-0.4, -0.2) is 205 Å². The Hall–Kier alpha value is -4.03. The molecule has 0 aromatic heterocycles. The van der Waals surface area contributed by atoms with E-state index in [1.54, 1.807) is 27.7 Å². The summed E-state index contributed by atoms with van der Waals surface area (Å²) in [4.78, 5) is 42.9. The van der Waals surface area contributed by atoms with Crippen LogP contribution >= 0.6 is 0 Å². The molecule has 2 aliphatic carbocycles. The van der Waals surface area contributed by atoms with Crippen molar-refractivity contribution in [1.82, 2.24) is 0 Å². The number of phenolic OH excluding ortho intramolecular Hbond substituents is 2. The molecule has 7 aliphatic rings. The van der Waals surface area contributed by atoms with Crippen LogP contribution in [-0.2, 0) is 63.4 Å². The lowest BCUT2D eigenvalue weighted by molar-refractivity contribution is -0.368. The number of aliphatic hydroxyl groups excluding tert-OH is 6. The average Bonchev–Trinajstić information content (AvgIpc) is 3.44. The first-order valence-electron chi connectivity index (χ1n) is 26.1. The standard InChI is InChI=1S/C53H72O24/c1-18-29(73-34-14-30(43(58)21(4)69-34)74-33-13-28(55)42(57)20(3)68-33)12-26-10-25-11-27-48(67-9)47(62)38(19(2)54)50(64)53(27,51(65)40(25)46(61)39(26)41(18)56)77-36-16-32(45(60)23(6)71-36)75-35-15-31(44(59)22(5)70-35)76-37-17-52(8,66)49(63)24(7)72-37/h10,12,20-24,27-28,30-37,42-45,48-49,55-61,63-64,66H,11,13-17H2,1-9H3/p-1/t20-,21-,22-,23-,24-,27+,28-,30-,31-,32-,33+,34+,35+,36+,37+,42-,43-,44+,45-,48+,49-,52+,53-/m1/s1. The third-order valence-corrected chi connectivity index (χ3v) is 16.4. The summed E-state index contributed by atoms with van der Waals surface area (Å²) in [6.45, 7) is 11.7. The summed E-state index contributed by atoms with van der Waals surface area (Å²) in [5.74, 6) is -7.22. The molecule has 9 rings (SSSR count). The molecule has 2 aromatic rings. The zero-order valence-electron chi connectivity index (χ0n) is 44.2. The highest BCUT2D eigenvalue weighted by Crippen LogP contribution is 2.53. The number of carbonyl (C=O) groups is 3. The van der Waals surface area contributed by atoms with E-state index in [4.69, 9.17) is 52.1 Å². The maximum Gasteiger partial charge on any atom is 0.202 e. The van der Waals surface area contributed by atoms with Gasteiger partial charge in [-0.05, 0) is 84.9 Å². The number of aliphatic hydroxyl groups is 7. The first-order chi connectivity index (χ1) is 36.2. The van der Waals surface area contributed by atoms with E-state index in [2.05, 4.69) is 0 Å². The predicted octanol–water partition coefficient (Wildman–Crippen LogP) is -0.404. The van der Waals surface area contributed by atoms with Gasteiger partial charge in [-0.3, -0.25) is 14.4 Å². The molecule has 5 fully saturated rings. The minimum Gasteiger partial charge on any atom is -0.873 e. The Balaban J connectivity index is 1.00. The highest BCUT2D eigenvalue weighted by atomic mass is 16.7. The maximum atomic E-state index is 15.5. The fourth-order valence-corrected chi connectivity index (χ4v) is 12.1. The summed E-state index contributed by atoms with van der Waals surface area (Å²) in [6.07, 6.45) is -23.3. The van der Waals surface area contributed by atoms with E-state index < -0.39 is 186 Å². The van der Waals surface area contributed by atoms with Gasteiger partial charge in [0.1, 0.15) is 53.9 Å². The topological polar surface area (TPSA) is 358 Å². The molecule has 0 saturated carbocycles. The summed E-state index contributed by atoms with van der Waals surface area (Å²) >= 11 is 0. The SMILES string of the molecule is CO[C@@H]1C(=O)C(C(C)=O)=C([O-])[C@@]2(O[C@H]3C[C@@H](O[C@H]4C[C@@H](O[C@H]5C[C@](C)(O)[C@H](O)[C@@H](C)O5)[C@@H](O)[C@@H](C)O4)[C@H](O)[C@@H](C)O3)C(=O)c3c(cc4cc(O[C@H]5C[C@@H](O[C@H]6C[C@@H](O)[C@H](O)[C@@H](C)O6)[C@H](O)[C@@H](C)O5)c(C)c(O)c4c3O)C[C@@H]12. The summed E-state index contributed by atoms with van der Waals surface area (Å²) in [5, 5.41) is 114. The monoisotopic (exact) mass is 1090 g/mol. The number of aromatic hydroxyl groups is 2. The first kappa shape index (κ1) is 57.6. The van der Waals surface area contributed by atoms with Gasteiger partial charge in [-0.25, -0.2) is 0 Å². The molecular weight excluding hydrogens is 1020 g/mol. The van der Waals surface area contributed by atoms with Gasteiger partial charge < -0.3 is 103 Å². The van der Waals surface area contributed by atoms with Crippen molar-refractivity contribution in [2.24, 2.45) is 5.92 Å². The van der Waals surface area contributed by atoms with Gasteiger partial charge in [0.05, 0.1) is 77.1 Å². The third kappa shape index (κ3) is 10.4. The number of Topliss-reactive ketones (excluding diaryl/α,β-unsaturated/α-hetero) is 3. The summed E-state index contributed by atoms with van der Waals surface area (Å²) < 4.78 is 66.6. The minimum absolute atomic E-state index is 0.0546. The van der Waals surface area contributed by atoms with Crippen molar-refractivity contribution in [3.63, 3.8) is 0 Å². The Bertz CT molecular complexity index is 2590. The average molecular weight is 1090 g/mol. The van der Waals surface area contributed by atoms with E-state index in [0.29, 0.717) is 0 Å². The Morgan fingerprint density at radius 2 is 1.21 bits per heavy atom. The van der Waals surface area contributed by atoms with Crippen molar-refractivity contribution >= 4 is 28.1 Å². The zero-order chi connectivity index (χ0) is 56.1. The van der Waals surface area contributed by atoms with Crippen molar-refractivity contribution in [2.45, 2.75) is 228 Å². The summed E-state index contributed by atoms with van der Waals surface area (Å²) in [5.41, 5.74) is -5.54. The van der Waals surface area contributed by atoms with E-state index >= 15 is 9.90 Å². The Kier molecular flexibility index (Phi) is 16.3. The maximum absolute atomic E-state index is 15.5. The molecule has 24 nitrogen and oxygen atoms in total. The Labute approximate surface area is 443 Å². The number of hydrogen-bond acceptors (Lipinski definition) is 24. The number of phenols is 2. The number of fused-ring (bicyclic) bond motifs is 3. The van der Waals surface area contributed by atoms with Crippen molar-refractivity contribution in [3.8, 4) is 17.2 Å². The van der Waals surface area contributed by atoms with Crippen molar-refractivity contribution in [3.05, 3.63) is 40.2 Å². The third-order valence-electron chi connectivity index (χ3n) is 16.4. The highest BCUT2D eigenvalue weighted by Gasteiger charge is 2.62. The molecule has 5 saturated heterocycles. The molecule has 77 heavy (non-hydrogen) atoms. The molecule has 5 heterocycles. The largest absolute Gasteiger partial charge is 0.873 e. The van der Waals surface area contributed by atoms with Crippen LogP contribution in [0.1, 0.15) is 102 Å². The number of hydrogen-bond donors (Lipinski definition) is 9. The van der Waals surface area contributed by atoms with Gasteiger partial charge in [-0.2, -0.15) is 0 Å². The van der Waals surface area contributed by atoms with Crippen molar-refractivity contribution < 1.29 is 118 Å². The number of rotatable bonds is 12. The van der Waals surface area contributed by atoms with Crippen LogP contribution in [0.15, 0.2) is 23.5 Å². The predicted molar refractivity (Wildman–Crippen MR) is 258 cm³/mol. The van der Waals surface area contributed by atoms with Crippen molar-refractivity contribution in [2.75, 3.05) is 7.11 Å². The van der Waals surface area contributed by atoms with Gasteiger partial charge in [0.15, 0.2) is 42.3 Å². The highest BCUT2D eigenvalue weighted by molar-refractivity contribution is 6.25. The van der Waals surface area contributed by atoms with Crippen LogP contribution in [0.2, 0.25) is 0 Å². The van der Waals surface area contributed by atoms with Crippen molar-refractivity contribution in [1.29, 1.82) is 0 Å². The smallest absolute Gasteiger partial charge is 0.202 e. The molecule has 0 radical (unpaired) electrons. The van der Waals surface area contributed by atoms with Gasteiger partial charge in [0, 0.05) is 50.7 Å². The van der Waals surface area contributed by atoms with Crippen LogP contribution in [0.3, 0.4) is 0 Å². The van der Waals surface area contributed by atoms with Gasteiger partial charge >= 0.3 is 0 Å². The van der Waals surface area contributed by atoms with Crippen LogP contribution in [0.4, 0.5) is 0 Å². The second kappa shape index (κ2) is 21.8. The van der Waals surface area contributed by atoms with E-state index in [9.17, 15) is 55.5 Å². The fourth-order valence-electron chi connectivity index (χ4n) is 12.1. The Morgan fingerprint density at radius 3 is 1.77 bits per heavy atom. The van der Waals surface area contributed by atoms with E-state index in [1.807, 2.05) is 0 Å². The number of carbonyl (C=O) groups excluding carboxylic acids is 3. The second-order valence-electron chi connectivity index (χ2n) is 22.0. The molecule has 2 aromatic carbocycles. The molecule has 0 bridgehead atoms. The van der Waals surface area contributed by atoms with Crippen LogP contribution in [0, 0.1) is 12.8 Å². The molecule has 5 aliphatic heterocycles.